The van der Waals surface area contributed by atoms with Crippen LogP contribution < -0.4 is 11.3 Å². The van der Waals surface area contributed by atoms with E-state index in [9.17, 15) is 13.2 Å². The lowest BCUT2D eigenvalue weighted by molar-refractivity contribution is -0.137. The molecular weight excluding hydrogens is 233 g/mol. The Hall–Kier alpha value is -1.63. The van der Waals surface area contributed by atoms with E-state index in [0.717, 1.165) is 12.3 Å². The van der Waals surface area contributed by atoms with Crippen molar-refractivity contribution in [3.05, 3.63) is 29.6 Å². The summed E-state index contributed by atoms with van der Waals surface area (Å²) >= 11 is 0. The van der Waals surface area contributed by atoms with Gasteiger partial charge in [-0.15, -0.1) is 0 Å². The first kappa shape index (κ1) is 13.4. The van der Waals surface area contributed by atoms with Crippen LogP contribution >= 0.6 is 0 Å². The van der Waals surface area contributed by atoms with Gasteiger partial charge in [0.05, 0.1) is 5.56 Å². The normalized spacial score (nSPS) is 13.0. The molecule has 0 aliphatic rings. The fraction of sp³-hybridized carbons (Fsp3) is 0.400. The highest BCUT2D eigenvalue weighted by molar-refractivity contribution is 5.96. The molecule has 0 unspecified atom stereocenters. The van der Waals surface area contributed by atoms with Gasteiger partial charge in [0, 0.05) is 12.2 Å². The third kappa shape index (κ3) is 3.70. The summed E-state index contributed by atoms with van der Waals surface area (Å²) in [6, 6.07) is 2.13. The van der Waals surface area contributed by atoms with E-state index in [4.69, 9.17) is 5.84 Å². The molecule has 0 atom stereocenters. The Kier molecular flexibility index (Phi) is 4.06. The topological polar surface area (TPSA) is 63.3 Å². The molecular formula is C10H13F3N4. The summed E-state index contributed by atoms with van der Waals surface area (Å²) in [5.74, 6) is 5.49. The van der Waals surface area contributed by atoms with Crippen LogP contribution in [0.25, 0.3) is 0 Å². The van der Waals surface area contributed by atoms with Crippen molar-refractivity contribution in [2.24, 2.45) is 10.8 Å². The first-order valence-corrected chi connectivity index (χ1v) is 4.92. The summed E-state index contributed by atoms with van der Waals surface area (Å²) < 4.78 is 36.9. The molecule has 3 N–H and O–H groups in total. The zero-order chi connectivity index (χ0) is 13.1. The van der Waals surface area contributed by atoms with Gasteiger partial charge in [0.2, 0.25) is 0 Å². The monoisotopic (exact) mass is 246 g/mol. The average Bonchev–Trinajstić information content (AvgIpc) is 2.24. The minimum atomic E-state index is -4.39. The summed E-state index contributed by atoms with van der Waals surface area (Å²) in [6.07, 6.45) is -3.64. The van der Waals surface area contributed by atoms with Gasteiger partial charge < -0.3 is 5.43 Å². The fourth-order valence-electron chi connectivity index (χ4n) is 1.14. The van der Waals surface area contributed by atoms with Gasteiger partial charge in [0.1, 0.15) is 5.69 Å². The number of hydrogen-bond acceptors (Lipinski definition) is 3. The maximum absolute atomic E-state index is 12.3. The molecule has 0 aromatic carbocycles. The van der Waals surface area contributed by atoms with Crippen molar-refractivity contribution in [2.75, 3.05) is 0 Å². The molecule has 0 radical (unpaired) electrons. The molecule has 0 saturated heterocycles. The number of nitrogens with zero attached hydrogens (tertiary/aromatic N) is 2. The SMILES string of the molecule is CC(C)N=C(NN)c1ccc(C(F)(F)F)cn1. The first-order valence-electron chi connectivity index (χ1n) is 4.92. The highest BCUT2D eigenvalue weighted by Crippen LogP contribution is 2.28. The number of nitrogens with two attached hydrogens (primary N) is 1. The van der Waals surface area contributed by atoms with Crippen molar-refractivity contribution in [3.8, 4) is 0 Å². The highest BCUT2D eigenvalue weighted by Gasteiger charge is 2.30. The second-order valence-corrected chi connectivity index (χ2v) is 3.65. The number of aromatic nitrogens is 1. The summed E-state index contributed by atoms with van der Waals surface area (Å²) in [6.45, 7) is 3.64. The Balaban J connectivity index is 3.01. The predicted octanol–water partition coefficient (Wildman–Crippen LogP) is 1.72. The Bertz CT molecular complexity index is 395. The van der Waals surface area contributed by atoms with Crippen LogP contribution in [0.3, 0.4) is 0 Å². The summed E-state index contributed by atoms with van der Waals surface area (Å²) in [4.78, 5) is 7.77. The van der Waals surface area contributed by atoms with Gasteiger partial charge in [-0.3, -0.25) is 9.98 Å². The smallest absolute Gasteiger partial charge is 0.307 e. The Morgan fingerprint density at radius 1 is 1.41 bits per heavy atom. The standard InChI is InChI=1S/C10H13F3N4/c1-6(2)16-9(17-14)8-4-3-7(5-15-8)10(11,12)13/h3-6H,14H2,1-2H3,(H,16,17). The van der Waals surface area contributed by atoms with E-state index in [1.165, 1.54) is 6.07 Å². The third-order valence-electron chi connectivity index (χ3n) is 1.86. The van der Waals surface area contributed by atoms with Crippen molar-refractivity contribution in [1.82, 2.24) is 10.4 Å². The van der Waals surface area contributed by atoms with Crippen molar-refractivity contribution in [1.29, 1.82) is 0 Å². The number of hydrazine groups is 1. The van der Waals surface area contributed by atoms with Gasteiger partial charge in [-0.1, -0.05) is 0 Å². The molecule has 0 aliphatic carbocycles. The Morgan fingerprint density at radius 3 is 2.41 bits per heavy atom. The fourth-order valence-corrected chi connectivity index (χ4v) is 1.14. The minimum absolute atomic E-state index is 0.0369. The number of halogens is 3. The van der Waals surface area contributed by atoms with Gasteiger partial charge in [-0.2, -0.15) is 13.2 Å². The Morgan fingerprint density at radius 2 is 2.06 bits per heavy atom. The van der Waals surface area contributed by atoms with Gasteiger partial charge in [0.25, 0.3) is 0 Å². The van der Waals surface area contributed by atoms with E-state index < -0.39 is 11.7 Å². The van der Waals surface area contributed by atoms with E-state index in [1.807, 2.05) is 13.8 Å². The number of rotatable bonds is 2. The first-order chi connectivity index (χ1) is 7.84. The molecule has 0 fully saturated rings. The maximum Gasteiger partial charge on any atom is 0.417 e. The van der Waals surface area contributed by atoms with Gasteiger partial charge in [0.15, 0.2) is 5.84 Å². The van der Waals surface area contributed by atoms with Crippen LogP contribution in [-0.4, -0.2) is 16.9 Å². The lowest BCUT2D eigenvalue weighted by atomic mass is 10.2. The summed E-state index contributed by atoms with van der Waals surface area (Å²) in [7, 11) is 0. The second-order valence-electron chi connectivity index (χ2n) is 3.65. The minimum Gasteiger partial charge on any atom is -0.307 e. The molecule has 1 aromatic heterocycles. The molecule has 7 heteroatoms. The molecule has 1 aromatic rings. The molecule has 0 saturated carbocycles. The van der Waals surface area contributed by atoms with Crippen LogP contribution in [0.1, 0.15) is 25.1 Å². The van der Waals surface area contributed by atoms with Crippen LogP contribution in [0.15, 0.2) is 23.3 Å². The van der Waals surface area contributed by atoms with E-state index >= 15 is 0 Å². The molecule has 0 aliphatic heterocycles. The number of hydrogen-bond donors (Lipinski definition) is 2. The van der Waals surface area contributed by atoms with Crippen LogP contribution in [0.2, 0.25) is 0 Å². The molecule has 0 spiro atoms. The molecule has 17 heavy (non-hydrogen) atoms. The van der Waals surface area contributed by atoms with Gasteiger partial charge in [-0.25, -0.2) is 5.84 Å². The summed E-state index contributed by atoms with van der Waals surface area (Å²) in [5, 5.41) is 0. The van der Waals surface area contributed by atoms with Crippen molar-refractivity contribution < 1.29 is 13.2 Å². The number of nitrogens with one attached hydrogen (secondary N) is 1. The zero-order valence-electron chi connectivity index (χ0n) is 9.42. The maximum atomic E-state index is 12.3. The lowest BCUT2D eigenvalue weighted by Gasteiger charge is -2.09. The summed E-state index contributed by atoms with van der Waals surface area (Å²) in [5.41, 5.74) is 1.78. The van der Waals surface area contributed by atoms with Crippen molar-refractivity contribution >= 4 is 5.84 Å². The van der Waals surface area contributed by atoms with E-state index in [0.29, 0.717) is 0 Å². The zero-order valence-corrected chi connectivity index (χ0v) is 9.42. The van der Waals surface area contributed by atoms with Crippen LogP contribution in [0, 0.1) is 0 Å². The Labute approximate surface area is 96.7 Å². The molecule has 0 amide bonds. The average molecular weight is 246 g/mol. The highest BCUT2D eigenvalue weighted by atomic mass is 19.4. The van der Waals surface area contributed by atoms with Crippen LogP contribution in [0.4, 0.5) is 13.2 Å². The predicted molar refractivity (Wildman–Crippen MR) is 58.2 cm³/mol. The largest absolute Gasteiger partial charge is 0.417 e. The van der Waals surface area contributed by atoms with E-state index in [2.05, 4.69) is 15.4 Å². The number of aliphatic imine (C=N–C) groups is 1. The molecule has 1 rings (SSSR count). The second kappa shape index (κ2) is 5.13. The number of amidine groups is 1. The quantitative estimate of drug-likeness (QED) is 0.361. The van der Waals surface area contributed by atoms with Crippen molar-refractivity contribution in [2.45, 2.75) is 26.1 Å². The van der Waals surface area contributed by atoms with E-state index in [1.54, 1.807) is 0 Å². The third-order valence-corrected chi connectivity index (χ3v) is 1.86. The van der Waals surface area contributed by atoms with Gasteiger partial charge in [-0.05, 0) is 26.0 Å². The number of pyridine rings is 1. The van der Waals surface area contributed by atoms with Crippen LogP contribution in [-0.2, 0) is 6.18 Å². The van der Waals surface area contributed by atoms with E-state index in [-0.39, 0.29) is 17.6 Å². The van der Waals surface area contributed by atoms with Gasteiger partial charge >= 0.3 is 6.18 Å². The lowest BCUT2D eigenvalue weighted by Crippen LogP contribution is -2.32. The number of alkyl halides is 3. The molecule has 1 heterocycles. The van der Waals surface area contributed by atoms with Crippen molar-refractivity contribution in [3.63, 3.8) is 0 Å². The molecule has 0 bridgehead atoms. The molecule has 4 nitrogen and oxygen atoms in total. The van der Waals surface area contributed by atoms with Crippen LogP contribution in [0.5, 0.6) is 0 Å². The molecule has 94 valence electrons.